The zero-order valence-corrected chi connectivity index (χ0v) is 14.0. The lowest BCUT2D eigenvalue weighted by molar-refractivity contribution is -0.126. The summed E-state index contributed by atoms with van der Waals surface area (Å²) < 4.78 is 5.87. The van der Waals surface area contributed by atoms with E-state index < -0.39 is 0 Å². The summed E-state index contributed by atoms with van der Waals surface area (Å²) in [7, 11) is 0. The fourth-order valence-corrected chi connectivity index (χ4v) is 2.82. The summed E-state index contributed by atoms with van der Waals surface area (Å²) in [6.45, 7) is 6.98. The van der Waals surface area contributed by atoms with E-state index in [1.807, 2.05) is 30.0 Å². The van der Waals surface area contributed by atoms with Gasteiger partial charge in [-0.05, 0) is 37.0 Å². The number of carbonyl (C=O) groups is 1. The Hall–Kier alpha value is -1.55. The number of rotatable bonds is 7. The maximum atomic E-state index is 12.6. The second kappa shape index (κ2) is 7.63. The molecule has 2 N–H and O–H groups in total. The molecule has 4 nitrogen and oxygen atoms in total. The van der Waals surface area contributed by atoms with Crippen molar-refractivity contribution in [2.45, 2.75) is 65.0 Å². The molecule has 0 saturated heterocycles. The molecule has 0 spiro atoms. The Balaban J connectivity index is 2.32. The van der Waals surface area contributed by atoms with Crippen LogP contribution in [-0.4, -0.2) is 18.6 Å². The predicted molar refractivity (Wildman–Crippen MR) is 90.2 cm³/mol. The van der Waals surface area contributed by atoms with Crippen molar-refractivity contribution in [2.24, 2.45) is 5.73 Å². The molecule has 2 atom stereocenters. The van der Waals surface area contributed by atoms with Crippen LogP contribution >= 0.6 is 0 Å². The number of ether oxygens (including phenoxy) is 1. The summed E-state index contributed by atoms with van der Waals surface area (Å²) >= 11 is 0. The van der Waals surface area contributed by atoms with Crippen LogP contribution in [-0.2, 0) is 4.79 Å². The Morgan fingerprint density at radius 3 is 2.68 bits per heavy atom. The minimum absolute atomic E-state index is 0.00166. The summed E-state index contributed by atoms with van der Waals surface area (Å²) in [4.78, 5) is 14.5. The normalized spacial score (nSPS) is 18.8. The summed E-state index contributed by atoms with van der Waals surface area (Å²) in [5, 5.41) is 0. The van der Waals surface area contributed by atoms with Crippen LogP contribution < -0.4 is 15.4 Å². The molecule has 1 aromatic carbocycles. The highest BCUT2D eigenvalue weighted by Crippen LogP contribution is 2.37. The van der Waals surface area contributed by atoms with Crippen molar-refractivity contribution in [1.29, 1.82) is 0 Å². The monoisotopic (exact) mass is 304 g/mol. The molecule has 0 saturated carbocycles. The Morgan fingerprint density at radius 2 is 2.05 bits per heavy atom. The number of carbonyl (C=O) groups excluding carboxylic acids is 1. The van der Waals surface area contributed by atoms with Gasteiger partial charge < -0.3 is 15.4 Å². The molecule has 1 aliphatic rings. The van der Waals surface area contributed by atoms with Crippen molar-refractivity contribution in [1.82, 2.24) is 0 Å². The van der Waals surface area contributed by atoms with E-state index in [1.165, 1.54) is 0 Å². The van der Waals surface area contributed by atoms with E-state index >= 15 is 0 Å². The first-order chi connectivity index (χ1) is 10.6. The molecular weight excluding hydrogens is 276 g/mol. The summed E-state index contributed by atoms with van der Waals surface area (Å²) in [5.41, 5.74) is 8.08. The van der Waals surface area contributed by atoms with Crippen LogP contribution in [0.3, 0.4) is 0 Å². The van der Waals surface area contributed by atoms with Gasteiger partial charge in [0.25, 0.3) is 5.91 Å². The number of benzene rings is 1. The fourth-order valence-electron chi connectivity index (χ4n) is 2.82. The van der Waals surface area contributed by atoms with E-state index in [1.54, 1.807) is 0 Å². The average Bonchev–Trinajstić information content (AvgIpc) is 2.55. The van der Waals surface area contributed by atoms with Gasteiger partial charge in [0.1, 0.15) is 5.75 Å². The number of hydrogen-bond donors (Lipinski definition) is 1. The van der Waals surface area contributed by atoms with Crippen molar-refractivity contribution < 1.29 is 9.53 Å². The zero-order valence-electron chi connectivity index (χ0n) is 14.0. The summed E-state index contributed by atoms with van der Waals surface area (Å²) in [6, 6.07) is 6.00. The van der Waals surface area contributed by atoms with Gasteiger partial charge in [0, 0.05) is 12.6 Å². The highest BCUT2D eigenvalue weighted by molar-refractivity contribution is 6.00. The molecule has 0 aromatic heterocycles. The van der Waals surface area contributed by atoms with Gasteiger partial charge in [0.2, 0.25) is 0 Å². The number of anilines is 1. The predicted octanol–water partition coefficient (Wildman–Crippen LogP) is 3.79. The zero-order chi connectivity index (χ0) is 16.1. The largest absolute Gasteiger partial charge is 0.478 e. The first-order valence-electron chi connectivity index (χ1n) is 8.49. The first-order valence-corrected chi connectivity index (χ1v) is 8.49. The Bertz CT molecular complexity index is 516. The lowest BCUT2D eigenvalue weighted by Gasteiger charge is -2.34. The van der Waals surface area contributed by atoms with E-state index in [9.17, 15) is 4.79 Å². The summed E-state index contributed by atoms with van der Waals surface area (Å²) in [5.74, 6) is 0.878. The van der Waals surface area contributed by atoms with E-state index in [4.69, 9.17) is 10.5 Å². The standard InChI is InChI=1S/C18H28N2O2/c1-4-7-8-11-20-15-12-13(14(19)5-2)9-10-17(15)22-16(6-3)18(20)21/h9-10,12,14,16H,4-8,11,19H2,1-3H3. The first kappa shape index (κ1) is 16.8. The quantitative estimate of drug-likeness (QED) is 0.780. The van der Waals surface area contributed by atoms with Crippen molar-refractivity contribution >= 4 is 11.6 Å². The molecule has 2 rings (SSSR count). The minimum atomic E-state index is -0.361. The molecule has 1 aliphatic heterocycles. The second-order valence-electron chi connectivity index (χ2n) is 5.95. The van der Waals surface area contributed by atoms with Gasteiger partial charge in [0.05, 0.1) is 5.69 Å². The van der Waals surface area contributed by atoms with Gasteiger partial charge in [-0.3, -0.25) is 4.79 Å². The van der Waals surface area contributed by atoms with Gasteiger partial charge >= 0.3 is 0 Å². The van der Waals surface area contributed by atoms with Crippen LogP contribution in [0.4, 0.5) is 5.69 Å². The van der Waals surface area contributed by atoms with Crippen molar-refractivity contribution in [2.75, 3.05) is 11.4 Å². The summed E-state index contributed by atoms with van der Waals surface area (Å²) in [6.07, 6.45) is 4.50. The third-order valence-electron chi connectivity index (χ3n) is 4.31. The fraction of sp³-hybridized carbons (Fsp3) is 0.611. The molecule has 1 aromatic rings. The average molecular weight is 304 g/mol. The van der Waals surface area contributed by atoms with Crippen LogP contribution in [0.5, 0.6) is 5.75 Å². The molecule has 122 valence electrons. The lowest BCUT2D eigenvalue weighted by atomic mass is 10.0. The van der Waals surface area contributed by atoms with E-state index in [2.05, 4.69) is 13.8 Å². The van der Waals surface area contributed by atoms with Crippen LogP contribution in [0.1, 0.15) is 64.5 Å². The van der Waals surface area contributed by atoms with Crippen LogP contribution in [0.15, 0.2) is 18.2 Å². The third kappa shape index (κ3) is 3.43. The van der Waals surface area contributed by atoms with Gasteiger partial charge in [0.15, 0.2) is 6.10 Å². The Labute approximate surface area is 133 Å². The number of nitrogens with zero attached hydrogens (tertiary/aromatic N) is 1. The molecule has 4 heteroatoms. The molecule has 0 bridgehead atoms. The lowest BCUT2D eigenvalue weighted by Crippen LogP contribution is -2.46. The number of unbranched alkanes of at least 4 members (excludes halogenated alkanes) is 2. The molecule has 0 fully saturated rings. The van der Waals surface area contributed by atoms with Crippen molar-refractivity contribution in [3.8, 4) is 5.75 Å². The molecule has 22 heavy (non-hydrogen) atoms. The second-order valence-corrected chi connectivity index (χ2v) is 5.95. The highest BCUT2D eigenvalue weighted by atomic mass is 16.5. The van der Waals surface area contributed by atoms with Gasteiger partial charge in [-0.15, -0.1) is 0 Å². The van der Waals surface area contributed by atoms with Crippen LogP contribution in [0, 0.1) is 0 Å². The molecule has 0 aliphatic carbocycles. The molecular formula is C18H28N2O2. The number of hydrogen-bond acceptors (Lipinski definition) is 3. The number of nitrogens with two attached hydrogens (primary N) is 1. The third-order valence-corrected chi connectivity index (χ3v) is 4.31. The highest BCUT2D eigenvalue weighted by Gasteiger charge is 2.33. The van der Waals surface area contributed by atoms with Crippen molar-refractivity contribution in [3.05, 3.63) is 23.8 Å². The van der Waals surface area contributed by atoms with E-state index in [0.717, 1.165) is 49.2 Å². The van der Waals surface area contributed by atoms with Gasteiger partial charge in [-0.2, -0.15) is 0 Å². The van der Waals surface area contributed by atoms with E-state index in [0.29, 0.717) is 6.42 Å². The Kier molecular flexibility index (Phi) is 5.83. The number of amides is 1. The van der Waals surface area contributed by atoms with Crippen LogP contribution in [0.2, 0.25) is 0 Å². The molecule has 1 heterocycles. The minimum Gasteiger partial charge on any atom is -0.478 e. The SMILES string of the molecule is CCCCCN1C(=O)C(CC)Oc2ccc(C(N)CC)cc21. The smallest absolute Gasteiger partial charge is 0.268 e. The van der Waals surface area contributed by atoms with Crippen molar-refractivity contribution in [3.63, 3.8) is 0 Å². The van der Waals surface area contributed by atoms with Gasteiger partial charge in [-0.25, -0.2) is 0 Å². The molecule has 1 amide bonds. The maximum absolute atomic E-state index is 12.6. The van der Waals surface area contributed by atoms with Crippen LogP contribution in [0.25, 0.3) is 0 Å². The molecule has 0 radical (unpaired) electrons. The number of fused-ring (bicyclic) bond motifs is 1. The Morgan fingerprint density at radius 1 is 1.27 bits per heavy atom. The van der Waals surface area contributed by atoms with E-state index in [-0.39, 0.29) is 18.1 Å². The maximum Gasteiger partial charge on any atom is 0.268 e. The molecule has 2 unspecified atom stereocenters. The van der Waals surface area contributed by atoms with Gasteiger partial charge in [-0.1, -0.05) is 39.7 Å². The topological polar surface area (TPSA) is 55.6 Å².